The van der Waals surface area contributed by atoms with E-state index in [1.165, 1.54) is 12.1 Å². The van der Waals surface area contributed by atoms with Crippen molar-refractivity contribution < 1.29 is 14.7 Å². The van der Waals surface area contributed by atoms with Crippen molar-refractivity contribution in [2.45, 2.75) is 25.7 Å². The fourth-order valence-electron chi connectivity index (χ4n) is 2.38. The summed E-state index contributed by atoms with van der Waals surface area (Å²) in [6.45, 7) is 0.343. The monoisotopic (exact) mass is 316 g/mol. The molecule has 0 bridgehead atoms. The summed E-state index contributed by atoms with van der Waals surface area (Å²) in [5.74, 6) is -1.16. The molecule has 1 amide bonds. The van der Waals surface area contributed by atoms with Crippen molar-refractivity contribution in [1.29, 1.82) is 0 Å². The zero-order chi connectivity index (χ0) is 14.8. The van der Waals surface area contributed by atoms with Crippen LogP contribution in [0, 0.1) is 5.41 Å². The Morgan fingerprint density at radius 2 is 1.90 bits per heavy atom. The number of aromatic nitrogens is 1. The van der Waals surface area contributed by atoms with E-state index < -0.39 is 5.97 Å². The first-order valence-corrected chi connectivity index (χ1v) is 6.99. The maximum absolute atomic E-state index is 12.0. The highest BCUT2D eigenvalue weighted by Gasteiger charge is 2.39. The molecule has 1 saturated carbocycles. The molecule has 0 saturated heterocycles. The van der Waals surface area contributed by atoms with Crippen molar-refractivity contribution in [2.75, 3.05) is 6.54 Å². The third-order valence-electron chi connectivity index (χ3n) is 3.59. The molecule has 1 fully saturated rings. The molecule has 0 radical (unpaired) electrons. The number of carboxylic acids is 1. The first-order chi connectivity index (χ1) is 9.40. The summed E-state index contributed by atoms with van der Waals surface area (Å²) in [7, 11) is 0. The topological polar surface area (TPSA) is 79.3 Å². The lowest BCUT2D eigenvalue weighted by Crippen LogP contribution is -2.43. The van der Waals surface area contributed by atoms with Crippen molar-refractivity contribution in [1.82, 2.24) is 10.3 Å². The van der Waals surface area contributed by atoms with Gasteiger partial charge in [-0.2, -0.15) is 0 Å². The smallest absolute Gasteiger partial charge is 0.303 e. The minimum atomic E-state index is -0.839. The van der Waals surface area contributed by atoms with Gasteiger partial charge in [-0.15, -0.1) is 0 Å². The molecule has 1 aromatic heterocycles. The Kier molecular flexibility index (Phi) is 4.50. The first kappa shape index (κ1) is 15.1. The van der Waals surface area contributed by atoms with Gasteiger partial charge in [-0.3, -0.25) is 9.59 Å². The molecule has 5 nitrogen and oxygen atoms in total. The fourth-order valence-corrected chi connectivity index (χ4v) is 2.84. The average molecular weight is 317 g/mol. The number of carboxylic acid groups (broad SMARTS) is 1. The van der Waals surface area contributed by atoms with Crippen LogP contribution in [-0.4, -0.2) is 28.5 Å². The predicted molar refractivity (Wildman–Crippen MR) is 75.1 cm³/mol. The Morgan fingerprint density at radius 3 is 2.35 bits per heavy atom. The molecule has 1 heterocycles. The van der Waals surface area contributed by atoms with Crippen LogP contribution in [0.1, 0.15) is 36.0 Å². The molecular formula is C13H14Cl2N2O3. The summed E-state index contributed by atoms with van der Waals surface area (Å²) in [5.41, 5.74) is 0.00191. The number of aliphatic carboxylic acids is 1. The van der Waals surface area contributed by atoms with Crippen LogP contribution in [0.3, 0.4) is 0 Å². The molecule has 0 aliphatic heterocycles. The molecule has 1 aliphatic carbocycles. The number of pyridine rings is 1. The summed E-state index contributed by atoms with van der Waals surface area (Å²) in [6.07, 6.45) is 2.70. The molecule has 2 rings (SSSR count). The van der Waals surface area contributed by atoms with Crippen molar-refractivity contribution >= 4 is 35.1 Å². The maximum Gasteiger partial charge on any atom is 0.303 e. The molecule has 0 unspecified atom stereocenters. The maximum atomic E-state index is 12.0. The molecule has 1 aliphatic rings. The highest BCUT2D eigenvalue weighted by Crippen LogP contribution is 2.43. The van der Waals surface area contributed by atoms with Gasteiger partial charge >= 0.3 is 5.97 Å². The minimum absolute atomic E-state index is 0.0745. The standard InChI is InChI=1S/C13H14Cl2N2O3/c14-9-4-8(5-10(15)17-9)12(20)16-7-13(2-1-3-13)6-11(18)19/h4-5H,1-3,6-7H2,(H,16,20)(H,18,19). The van der Waals surface area contributed by atoms with E-state index in [2.05, 4.69) is 10.3 Å². The van der Waals surface area contributed by atoms with Crippen molar-refractivity contribution in [3.05, 3.63) is 28.0 Å². The third-order valence-corrected chi connectivity index (χ3v) is 3.98. The Labute approximate surface area is 126 Å². The van der Waals surface area contributed by atoms with Gasteiger partial charge in [0.25, 0.3) is 5.91 Å². The number of hydrogen-bond donors (Lipinski definition) is 2. The van der Waals surface area contributed by atoms with Gasteiger partial charge in [-0.05, 0) is 30.4 Å². The number of halogens is 2. The lowest BCUT2D eigenvalue weighted by molar-refractivity contribution is -0.141. The van der Waals surface area contributed by atoms with E-state index in [0.29, 0.717) is 12.1 Å². The van der Waals surface area contributed by atoms with Gasteiger partial charge in [0.2, 0.25) is 0 Å². The zero-order valence-corrected chi connectivity index (χ0v) is 12.2. The van der Waals surface area contributed by atoms with E-state index >= 15 is 0 Å². The van der Waals surface area contributed by atoms with Crippen LogP contribution >= 0.6 is 23.2 Å². The number of rotatable bonds is 5. The van der Waals surface area contributed by atoms with Crippen LogP contribution in [0.25, 0.3) is 0 Å². The van der Waals surface area contributed by atoms with Crippen molar-refractivity contribution in [3.8, 4) is 0 Å². The fraction of sp³-hybridized carbons (Fsp3) is 0.462. The number of hydrogen-bond acceptors (Lipinski definition) is 3. The Hall–Kier alpha value is -1.33. The first-order valence-electron chi connectivity index (χ1n) is 6.23. The van der Waals surface area contributed by atoms with Crippen LogP contribution in [-0.2, 0) is 4.79 Å². The van der Waals surface area contributed by atoms with E-state index in [1.807, 2.05) is 0 Å². The minimum Gasteiger partial charge on any atom is -0.481 e. The molecule has 0 spiro atoms. The molecule has 7 heteroatoms. The second-order valence-corrected chi connectivity index (χ2v) is 5.88. The van der Waals surface area contributed by atoms with Gasteiger partial charge in [0, 0.05) is 12.1 Å². The second-order valence-electron chi connectivity index (χ2n) is 5.11. The molecule has 2 N–H and O–H groups in total. The van der Waals surface area contributed by atoms with Gasteiger partial charge in [-0.1, -0.05) is 29.6 Å². The number of amides is 1. The average Bonchev–Trinajstić information content (AvgIpc) is 2.30. The van der Waals surface area contributed by atoms with E-state index in [1.54, 1.807) is 0 Å². The molecule has 20 heavy (non-hydrogen) atoms. The molecular weight excluding hydrogens is 303 g/mol. The number of carbonyl (C=O) groups is 2. The molecule has 0 atom stereocenters. The quantitative estimate of drug-likeness (QED) is 0.819. The van der Waals surface area contributed by atoms with E-state index in [9.17, 15) is 9.59 Å². The predicted octanol–water partition coefficient (Wildman–Crippen LogP) is 2.76. The Morgan fingerprint density at radius 1 is 1.30 bits per heavy atom. The normalized spacial score (nSPS) is 16.3. The summed E-state index contributed by atoms with van der Waals surface area (Å²) < 4.78 is 0. The van der Waals surface area contributed by atoms with E-state index in [4.69, 9.17) is 28.3 Å². The van der Waals surface area contributed by atoms with Gasteiger partial charge in [-0.25, -0.2) is 4.98 Å². The molecule has 1 aromatic rings. The van der Waals surface area contributed by atoms with Crippen LogP contribution in [0.2, 0.25) is 10.3 Å². The van der Waals surface area contributed by atoms with E-state index in [-0.39, 0.29) is 28.0 Å². The van der Waals surface area contributed by atoms with Crippen LogP contribution in [0.15, 0.2) is 12.1 Å². The largest absolute Gasteiger partial charge is 0.481 e. The van der Waals surface area contributed by atoms with Crippen LogP contribution < -0.4 is 5.32 Å². The van der Waals surface area contributed by atoms with Crippen molar-refractivity contribution in [2.24, 2.45) is 5.41 Å². The van der Waals surface area contributed by atoms with Crippen molar-refractivity contribution in [3.63, 3.8) is 0 Å². The highest BCUT2D eigenvalue weighted by molar-refractivity contribution is 6.33. The summed E-state index contributed by atoms with van der Waals surface area (Å²) in [5, 5.41) is 12.0. The van der Waals surface area contributed by atoms with Crippen LogP contribution in [0.4, 0.5) is 0 Å². The van der Waals surface area contributed by atoms with E-state index in [0.717, 1.165) is 19.3 Å². The van der Waals surface area contributed by atoms with Gasteiger partial charge in [0.15, 0.2) is 0 Å². The lowest BCUT2D eigenvalue weighted by atomic mass is 9.66. The zero-order valence-electron chi connectivity index (χ0n) is 10.7. The van der Waals surface area contributed by atoms with Gasteiger partial charge < -0.3 is 10.4 Å². The molecule has 0 aromatic carbocycles. The third kappa shape index (κ3) is 3.61. The lowest BCUT2D eigenvalue weighted by Gasteiger charge is -2.40. The second kappa shape index (κ2) is 5.97. The number of nitrogens with zero attached hydrogens (tertiary/aromatic N) is 1. The SMILES string of the molecule is O=C(O)CC1(CNC(=O)c2cc(Cl)nc(Cl)c2)CCC1. The number of nitrogens with one attached hydrogen (secondary N) is 1. The van der Waals surface area contributed by atoms with Gasteiger partial charge in [0.1, 0.15) is 10.3 Å². The molecule has 108 valence electrons. The van der Waals surface area contributed by atoms with Crippen LogP contribution in [0.5, 0.6) is 0 Å². The summed E-state index contributed by atoms with van der Waals surface area (Å²) in [4.78, 5) is 26.6. The Bertz CT molecular complexity index is 524. The Balaban J connectivity index is 1.99. The number of carbonyl (C=O) groups excluding carboxylic acids is 1. The van der Waals surface area contributed by atoms with Gasteiger partial charge in [0.05, 0.1) is 6.42 Å². The summed E-state index contributed by atoms with van der Waals surface area (Å²) >= 11 is 11.5. The summed E-state index contributed by atoms with van der Waals surface area (Å²) in [6, 6.07) is 2.85. The highest BCUT2D eigenvalue weighted by atomic mass is 35.5.